The fourth-order valence-corrected chi connectivity index (χ4v) is 2.22. The summed E-state index contributed by atoms with van der Waals surface area (Å²) in [7, 11) is 0. The highest BCUT2D eigenvalue weighted by Gasteiger charge is 2.23. The fourth-order valence-electron chi connectivity index (χ4n) is 2.22. The van der Waals surface area contributed by atoms with Gasteiger partial charge in [0, 0.05) is 30.1 Å². The quantitative estimate of drug-likeness (QED) is 0.785. The van der Waals surface area contributed by atoms with Crippen molar-refractivity contribution in [2.24, 2.45) is 0 Å². The van der Waals surface area contributed by atoms with Crippen LogP contribution in [0.5, 0.6) is 5.75 Å². The predicted octanol–water partition coefficient (Wildman–Crippen LogP) is 1.26. The third-order valence-corrected chi connectivity index (χ3v) is 3.16. The van der Waals surface area contributed by atoms with E-state index in [1.165, 1.54) is 0 Å². The number of morpholine rings is 1. The lowest BCUT2D eigenvalue weighted by atomic mass is 10.1. The van der Waals surface area contributed by atoms with Crippen LogP contribution in [0.2, 0.25) is 0 Å². The third-order valence-electron chi connectivity index (χ3n) is 3.16. The second-order valence-electron chi connectivity index (χ2n) is 4.71. The Morgan fingerprint density at radius 2 is 2.32 bits per heavy atom. The summed E-state index contributed by atoms with van der Waals surface area (Å²) in [5, 5.41) is 9.42. The van der Waals surface area contributed by atoms with Crippen molar-refractivity contribution in [2.75, 3.05) is 43.6 Å². The van der Waals surface area contributed by atoms with Crippen LogP contribution in [0.25, 0.3) is 0 Å². The van der Waals surface area contributed by atoms with Crippen LogP contribution in [0.1, 0.15) is 13.3 Å². The number of anilines is 2. The Balaban J connectivity index is 2.19. The van der Waals surface area contributed by atoms with Gasteiger partial charge in [-0.3, -0.25) is 0 Å². The van der Waals surface area contributed by atoms with Crippen LogP contribution in [0.3, 0.4) is 0 Å². The number of benzene rings is 1. The summed E-state index contributed by atoms with van der Waals surface area (Å²) in [4.78, 5) is 2.12. The molecule has 106 valence electrons. The standard InChI is InChI=1S/C14H22N2O3/c1-2-4-19-14-7-11(15)6-12(8-14)16-3-5-18-10-13(16)9-17/h6-8,13,17H,2-5,9-10,15H2,1H3. The van der Waals surface area contributed by atoms with E-state index in [1.807, 2.05) is 18.2 Å². The van der Waals surface area contributed by atoms with Crippen LogP contribution in [-0.2, 0) is 4.74 Å². The number of ether oxygens (including phenoxy) is 2. The van der Waals surface area contributed by atoms with Gasteiger partial charge in [-0.15, -0.1) is 0 Å². The van der Waals surface area contributed by atoms with Crippen LogP contribution in [-0.4, -0.2) is 44.1 Å². The number of rotatable bonds is 5. The molecule has 0 spiro atoms. The van der Waals surface area contributed by atoms with Gasteiger partial charge in [-0.25, -0.2) is 0 Å². The molecule has 1 atom stereocenters. The van der Waals surface area contributed by atoms with Crippen molar-refractivity contribution in [1.82, 2.24) is 0 Å². The molecule has 2 rings (SSSR count). The minimum atomic E-state index is -0.0189. The molecule has 0 bridgehead atoms. The maximum absolute atomic E-state index is 9.42. The van der Waals surface area contributed by atoms with Gasteiger partial charge in [0.15, 0.2) is 0 Å². The van der Waals surface area contributed by atoms with Crippen molar-refractivity contribution in [3.05, 3.63) is 18.2 Å². The molecular formula is C14H22N2O3. The molecule has 5 heteroatoms. The van der Waals surface area contributed by atoms with Gasteiger partial charge in [0.2, 0.25) is 0 Å². The van der Waals surface area contributed by atoms with E-state index in [0.717, 1.165) is 24.4 Å². The molecule has 1 fully saturated rings. The van der Waals surface area contributed by atoms with Crippen molar-refractivity contribution >= 4 is 11.4 Å². The molecule has 1 aromatic rings. The van der Waals surface area contributed by atoms with Crippen LogP contribution in [0.4, 0.5) is 11.4 Å². The van der Waals surface area contributed by atoms with Gasteiger partial charge >= 0.3 is 0 Å². The summed E-state index contributed by atoms with van der Waals surface area (Å²) in [6, 6.07) is 5.69. The maximum atomic E-state index is 9.42. The first-order valence-electron chi connectivity index (χ1n) is 6.73. The molecule has 0 radical (unpaired) electrons. The molecule has 19 heavy (non-hydrogen) atoms. The van der Waals surface area contributed by atoms with E-state index in [-0.39, 0.29) is 12.6 Å². The average molecular weight is 266 g/mol. The molecule has 1 saturated heterocycles. The molecule has 0 aromatic heterocycles. The van der Waals surface area contributed by atoms with E-state index in [0.29, 0.717) is 25.5 Å². The number of hydrogen-bond donors (Lipinski definition) is 2. The topological polar surface area (TPSA) is 68.0 Å². The van der Waals surface area contributed by atoms with Gasteiger partial charge in [0.05, 0.1) is 32.5 Å². The lowest BCUT2D eigenvalue weighted by Crippen LogP contribution is -2.47. The van der Waals surface area contributed by atoms with Gasteiger partial charge < -0.3 is 25.2 Å². The Hall–Kier alpha value is -1.46. The Kier molecular flexibility index (Phi) is 4.87. The first kappa shape index (κ1) is 14.0. The summed E-state index contributed by atoms with van der Waals surface area (Å²) >= 11 is 0. The van der Waals surface area contributed by atoms with Crippen molar-refractivity contribution in [1.29, 1.82) is 0 Å². The number of nitrogens with two attached hydrogens (primary N) is 1. The van der Waals surface area contributed by atoms with Gasteiger partial charge in [0.1, 0.15) is 5.75 Å². The number of aliphatic hydroxyl groups excluding tert-OH is 1. The summed E-state index contributed by atoms with van der Waals surface area (Å²) in [5.74, 6) is 0.778. The molecular weight excluding hydrogens is 244 g/mol. The van der Waals surface area contributed by atoms with Crippen LogP contribution in [0.15, 0.2) is 18.2 Å². The molecule has 1 aliphatic rings. The highest BCUT2D eigenvalue weighted by Crippen LogP contribution is 2.28. The van der Waals surface area contributed by atoms with E-state index < -0.39 is 0 Å². The van der Waals surface area contributed by atoms with Crippen LogP contribution < -0.4 is 15.4 Å². The first-order chi connectivity index (χ1) is 9.24. The molecule has 0 amide bonds. The number of hydrogen-bond acceptors (Lipinski definition) is 5. The average Bonchev–Trinajstić information content (AvgIpc) is 2.44. The molecule has 0 aliphatic carbocycles. The minimum absolute atomic E-state index is 0.0189. The predicted molar refractivity (Wildman–Crippen MR) is 75.7 cm³/mol. The number of nitrogen functional groups attached to an aromatic ring is 1. The molecule has 0 saturated carbocycles. The van der Waals surface area contributed by atoms with Crippen molar-refractivity contribution in [3.63, 3.8) is 0 Å². The largest absolute Gasteiger partial charge is 0.493 e. The zero-order valence-corrected chi connectivity index (χ0v) is 11.3. The highest BCUT2D eigenvalue weighted by molar-refractivity contribution is 5.61. The Morgan fingerprint density at radius 3 is 3.05 bits per heavy atom. The first-order valence-corrected chi connectivity index (χ1v) is 6.73. The molecule has 1 aliphatic heterocycles. The fraction of sp³-hybridized carbons (Fsp3) is 0.571. The summed E-state index contributed by atoms with van der Waals surface area (Å²) in [6.45, 7) is 4.77. The summed E-state index contributed by atoms with van der Waals surface area (Å²) in [6.07, 6.45) is 0.959. The zero-order valence-electron chi connectivity index (χ0n) is 11.3. The van der Waals surface area contributed by atoms with Crippen LogP contribution >= 0.6 is 0 Å². The van der Waals surface area contributed by atoms with Crippen molar-refractivity contribution in [2.45, 2.75) is 19.4 Å². The molecule has 1 heterocycles. The lowest BCUT2D eigenvalue weighted by molar-refractivity contribution is 0.0727. The second-order valence-corrected chi connectivity index (χ2v) is 4.71. The van der Waals surface area contributed by atoms with Gasteiger partial charge in [0.25, 0.3) is 0 Å². The highest BCUT2D eigenvalue weighted by atomic mass is 16.5. The monoisotopic (exact) mass is 266 g/mol. The summed E-state index contributed by atoms with van der Waals surface area (Å²) < 4.78 is 11.0. The molecule has 3 N–H and O–H groups in total. The third kappa shape index (κ3) is 3.52. The van der Waals surface area contributed by atoms with E-state index in [4.69, 9.17) is 15.2 Å². The SMILES string of the molecule is CCCOc1cc(N)cc(N2CCOCC2CO)c1. The van der Waals surface area contributed by atoms with Gasteiger partial charge in [-0.2, -0.15) is 0 Å². The Bertz CT molecular complexity index is 412. The minimum Gasteiger partial charge on any atom is -0.493 e. The number of aliphatic hydroxyl groups is 1. The molecule has 1 aromatic carbocycles. The Labute approximate surface area is 113 Å². The smallest absolute Gasteiger partial charge is 0.123 e. The normalized spacial score (nSPS) is 19.5. The lowest BCUT2D eigenvalue weighted by Gasteiger charge is -2.36. The van der Waals surface area contributed by atoms with Gasteiger partial charge in [-0.05, 0) is 12.5 Å². The molecule has 1 unspecified atom stereocenters. The maximum Gasteiger partial charge on any atom is 0.123 e. The van der Waals surface area contributed by atoms with Crippen LogP contribution in [0, 0.1) is 0 Å². The summed E-state index contributed by atoms with van der Waals surface area (Å²) in [5.41, 5.74) is 7.58. The van der Waals surface area contributed by atoms with E-state index in [1.54, 1.807) is 0 Å². The number of nitrogens with zero attached hydrogens (tertiary/aromatic N) is 1. The molecule has 5 nitrogen and oxygen atoms in total. The Morgan fingerprint density at radius 1 is 1.47 bits per heavy atom. The van der Waals surface area contributed by atoms with Crippen molar-refractivity contribution in [3.8, 4) is 5.75 Å². The second kappa shape index (κ2) is 6.63. The zero-order chi connectivity index (χ0) is 13.7. The van der Waals surface area contributed by atoms with Crippen molar-refractivity contribution < 1.29 is 14.6 Å². The van der Waals surface area contributed by atoms with E-state index >= 15 is 0 Å². The van der Waals surface area contributed by atoms with E-state index in [2.05, 4.69) is 11.8 Å². The van der Waals surface area contributed by atoms with E-state index in [9.17, 15) is 5.11 Å². The van der Waals surface area contributed by atoms with Gasteiger partial charge in [-0.1, -0.05) is 6.92 Å².